The highest BCUT2D eigenvalue weighted by Crippen LogP contribution is 2.32. The molecule has 1 saturated carbocycles. The Bertz CT molecular complexity index is 797. The van der Waals surface area contributed by atoms with Crippen LogP contribution in [0, 0.1) is 0 Å². The Morgan fingerprint density at radius 3 is 2.33 bits per heavy atom. The zero-order valence-corrected chi connectivity index (χ0v) is 15.9. The number of aliphatic carboxylic acids is 1. The second-order valence-electron chi connectivity index (χ2n) is 7.10. The highest BCUT2D eigenvalue weighted by molar-refractivity contribution is 6.31. The van der Waals surface area contributed by atoms with Crippen LogP contribution in [0.1, 0.15) is 72.0 Å². The van der Waals surface area contributed by atoms with E-state index in [1.165, 1.54) is 37.7 Å². The molecule has 1 fully saturated rings. The molecule has 0 radical (unpaired) electrons. The number of carboxylic acid groups (broad SMARTS) is 1. The van der Waals surface area contributed by atoms with Crippen LogP contribution in [0.3, 0.4) is 0 Å². The van der Waals surface area contributed by atoms with E-state index in [9.17, 15) is 14.7 Å². The molecule has 0 heterocycles. The van der Waals surface area contributed by atoms with Gasteiger partial charge < -0.3 is 10.4 Å². The van der Waals surface area contributed by atoms with Gasteiger partial charge in [0.2, 0.25) is 0 Å². The molecule has 142 valence electrons. The van der Waals surface area contributed by atoms with Gasteiger partial charge in [-0.25, -0.2) is 0 Å². The molecule has 3 rings (SSSR count). The predicted molar refractivity (Wildman–Crippen MR) is 106 cm³/mol. The van der Waals surface area contributed by atoms with Gasteiger partial charge in [-0.15, -0.1) is 0 Å². The predicted octanol–water partition coefficient (Wildman–Crippen LogP) is 5.33. The van der Waals surface area contributed by atoms with E-state index in [4.69, 9.17) is 11.6 Å². The van der Waals surface area contributed by atoms with Crippen LogP contribution in [-0.2, 0) is 4.79 Å². The molecule has 1 atom stereocenters. The lowest BCUT2D eigenvalue weighted by Crippen LogP contribution is -2.30. The fraction of sp³-hybridized carbons (Fsp3) is 0.364. The van der Waals surface area contributed by atoms with Crippen molar-refractivity contribution in [3.63, 3.8) is 0 Å². The Labute approximate surface area is 164 Å². The Morgan fingerprint density at radius 1 is 1.04 bits per heavy atom. The molecule has 1 aliphatic rings. The van der Waals surface area contributed by atoms with Crippen LogP contribution < -0.4 is 5.32 Å². The summed E-state index contributed by atoms with van der Waals surface area (Å²) in [6, 6.07) is 14.0. The fourth-order valence-electron chi connectivity index (χ4n) is 3.76. The molecule has 0 aromatic heterocycles. The summed E-state index contributed by atoms with van der Waals surface area (Å²) in [5.74, 6) is -0.706. The Hall–Kier alpha value is -2.33. The lowest BCUT2D eigenvalue weighted by molar-refractivity contribution is -0.137. The van der Waals surface area contributed by atoms with Crippen LogP contribution in [0.15, 0.2) is 48.5 Å². The second-order valence-corrected chi connectivity index (χ2v) is 7.51. The molecule has 1 unspecified atom stereocenters. The van der Waals surface area contributed by atoms with Crippen molar-refractivity contribution in [3.05, 3.63) is 70.2 Å². The molecule has 0 bridgehead atoms. The smallest absolute Gasteiger partial charge is 0.305 e. The number of amides is 1. The Kier molecular flexibility index (Phi) is 6.51. The molecule has 1 amide bonds. The summed E-state index contributed by atoms with van der Waals surface area (Å²) in [7, 11) is 0. The standard InChI is InChI=1S/C22H24ClNO3/c23-19-9-5-4-8-18(19)20(14-21(25)26)24-22(27)17-12-10-16(11-13-17)15-6-2-1-3-7-15/h4-5,8-13,15,20H,1-3,6-7,14H2,(H,24,27)(H,25,26). The molecule has 4 nitrogen and oxygen atoms in total. The molecule has 2 aromatic rings. The highest BCUT2D eigenvalue weighted by atomic mass is 35.5. The number of carboxylic acids is 1. The van der Waals surface area contributed by atoms with Crippen molar-refractivity contribution in [1.82, 2.24) is 5.32 Å². The first-order valence-electron chi connectivity index (χ1n) is 9.41. The molecule has 0 spiro atoms. The van der Waals surface area contributed by atoms with E-state index in [0.29, 0.717) is 22.1 Å². The van der Waals surface area contributed by atoms with Crippen molar-refractivity contribution in [1.29, 1.82) is 0 Å². The number of hydrogen-bond donors (Lipinski definition) is 2. The SMILES string of the molecule is O=C(O)CC(NC(=O)c1ccc(C2CCCCC2)cc1)c1ccccc1Cl. The molecular formula is C22H24ClNO3. The van der Waals surface area contributed by atoms with E-state index < -0.39 is 12.0 Å². The lowest BCUT2D eigenvalue weighted by atomic mass is 9.84. The van der Waals surface area contributed by atoms with Crippen LogP contribution >= 0.6 is 11.6 Å². The third-order valence-corrected chi connectivity index (χ3v) is 5.56. The fourth-order valence-corrected chi connectivity index (χ4v) is 4.02. The number of nitrogens with one attached hydrogen (secondary N) is 1. The number of hydrogen-bond acceptors (Lipinski definition) is 2. The summed E-state index contributed by atoms with van der Waals surface area (Å²) in [5, 5.41) is 12.5. The number of carbonyl (C=O) groups excluding carboxylic acids is 1. The van der Waals surface area contributed by atoms with Crippen molar-refractivity contribution in [2.75, 3.05) is 0 Å². The van der Waals surface area contributed by atoms with Crippen molar-refractivity contribution in [3.8, 4) is 0 Å². The molecule has 2 N–H and O–H groups in total. The summed E-state index contributed by atoms with van der Waals surface area (Å²) in [4.78, 5) is 23.9. The molecule has 5 heteroatoms. The minimum absolute atomic E-state index is 0.227. The molecule has 0 saturated heterocycles. The normalized spacial score (nSPS) is 15.9. The van der Waals surface area contributed by atoms with Gasteiger partial charge in [0.15, 0.2) is 0 Å². The summed E-state index contributed by atoms with van der Waals surface area (Å²) < 4.78 is 0. The molecule has 0 aliphatic heterocycles. The maximum Gasteiger partial charge on any atom is 0.305 e. The van der Waals surface area contributed by atoms with Gasteiger partial charge in [-0.3, -0.25) is 9.59 Å². The van der Waals surface area contributed by atoms with Gasteiger partial charge in [0.05, 0.1) is 12.5 Å². The van der Waals surface area contributed by atoms with Gasteiger partial charge in [-0.05, 0) is 48.1 Å². The van der Waals surface area contributed by atoms with Crippen LogP contribution in [-0.4, -0.2) is 17.0 Å². The van der Waals surface area contributed by atoms with E-state index >= 15 is 0 Å². The number of halogens is 1. The first-order valence-corrected chi connectivity index (χ1v) is 9.79. The van der Waals surface area contributed by atoms with E-state index in [-0.39, 0.29) is 12.3 Å². The van der Waals surface area contributed by atoms with E-state index in [1.54, 1.807) is 24.3 Å². The third-order valence-electron chi connectivity index (χ3n) is 5.21. The lowest BCUT2D eigenvalue weighted by Gasteiger charge is -2.22. The Morgan fingerprint density at radius 2 is 1.70 bits per heavy atom. The summed E-state index contributed by atoms with van der Waals surface area (Å²) in [5.41, 5.74) is 2.41. The minimum Gasteiger partial charge on any atom is -0.481 e. The number of benzene rings is 2. The zero-order chi connectivity index (χ0) is 19.2. The summed E-state index contributed by atoms with van der Waals surface area (Å²) in [6.45, 7) is 0. The van der Waals surface area contributed by atoms with Crippen LogP contribution in [0.25, 0.3) is 0 Å². The second kappa shape index (κ2) is 9.05. The first-order chi connectivity index (χ1) is 13.0. The van der Waals surface area contributed by atoms with Gasteiger partial charge in [-0.2, -0.15) is 0 Å². The van der Waals surface area contributed by atoms with E-state index in [0.717, 1.165) is 0 Å². The first kappa shape index (κ1) is 19.4. The van der Waals surface area contributed by atoms with Gasteiger partial charge in [0.1, 0.15) is 0 Å². The maximum atomic E-state index is 12.7. The quantitative estimate of drug-likeness (QED) is 0.705. The van der Waals surface area contributed by atoms with Crippen molar-refractivity contribution < 1.29 is 14.7 Å². The zero-order valence-electron chi connectivity index (χ0n) is 15.2. The maximum absolute atomic E-state index is 12.7. The summed E-state index contributed by atoms with van der Waals surface area (Å²) in [6.07, 6.45) is 6.03. The number of rotatable bonds is 6. The number of carbonyl (C=O) groups is 2. The van der Waals surface area contributed by atoms with Crippen molar-refractivity contribution in [2.24, 2.45) is 0 Å². The monoisotopic (exact) mass is 385 g/mol. The molecule has 1 aliphatic carbocycles. The van der Waals surface area contributed by atoms with E-state index in [2.05, 4.69) is 5.32 Å². The van der Waals surface area contributed by atoms with Crippen LogP contribution in [0.2, 0.25) is 5.02 Å². The molecule has 27 heavy (non-hydrogen) atoms. The van der Waals surface area contributed by atoms with Gasteiger partial charge >= 0.3 is 5.97 Å². The van der Waals surface area contributed by atoms with Crippen molar-refractivity contribution in [2.45, 2.75) is 50.5 Å². The van der Waals surface area contributed by atoms with Crippen LogP contribution in [0.5, 0.6) is 0 Å². The molecular weight excluding hydrogens is 362 g/mol. The average Bonchev–Trinajstić information content (AvgIpc) is 2.68. The van der Waals surface area contributed by atoms with E-state index in [1.807, 2.05) is 24.3 Å². The van der Waals surface area contributed by atoms with Gasteiger partial charge in [-0.1, -0.05) is 61.2 Å². The summed E-state index contributed by atoms with van der Waals surface area (Å²) >= 11 is 6.19. The third kappa shape index (κ3) is 5.10. The average molecular weight is 386 g/mol. The van der Waals surface area contributed by atoms with Gasteiger partial charge in [0, 0.05) is 10.6 Å². The van der Waals surface area contributed by atoms with Gasteiger partial charge in [0.25, 0.3) is 5.91 Å². The van der Waals surface area contributed by atoms with Crippen LogP contribution in [0.4, 0.5) is 0 Å². The molecule has 2 aromatic carbocycles. The Balaban J connectivity index is 1.73. The van der Waals surface area contributed by atoms with Crippen molar-refractivity contribution >= 4 is 23.5 Å². The topological polar surface area (TPSA) is 66.4 Å². The minimum atomic E-state index is -0.993. The largest absolute Gasteiger partial charge is 0.481 e. The highest BCUT2D eigenvalue weighted by Gasteiger charge is 2.21.